The molecule has 2 fully saturated rings. The van der Waals surface area contributed by atoms with Gasteiger partial charge < -0.3 is 4.74 Å². The quantitative estimate of drug-likeness (QED) is 0.777. The molecule has 0 N–H and O–H groups in total. The van der Waals surface area contributed by atoms with Crippen molar-refractivity contribution in [2.24, 2.45) is 11.8 Å². The summed E-state index contributed by atoms with van der Waals surface area (Å²) in [6.45, 7) is 0. The standard InChI is InChI=1S/C12H14ClNO.ClH/c13-7-10-6-11(1-2-14-10)15-12-4-8-3-9(8)5-12;/h1-2,6,8-9,12H,3-5,7H2;1H/t8-,9+,12?;. The summed E-state index contributed by atoms with van der Waals surface area (Å²) >= 11 is 5.73. The summed E-state index contributed by atoms with van der Waals surface area (Å²) in [6.07, 6.45) is 6.11. The number of aromatic nitrogens is 1. The molecule has 3 atom stereocenters. The second-order valence-electron chi connectivity index (χ2n) is 4.58. The van der Waals surface area contributed by atoms with Crippen LogP contribution in [0.2, 0.25) is 0 Å². The molecule has 2 aliphatic rings. The molecule has 3 rings (SSSR count). The summed E-state index contributed by atoms with van der Waals surface area (Å²) in [5.41, 5.74) is 0.886. The molecule has 1 aromatic rings. The first-order valence-electron chi connectivity index (χ1n) is 5.52. The monoisotopic (exact) mass is 259 g/mol. The number of alkyl halides is 1. The van der Waals surface area contributed by atoms with E-state index in [-0.39, 0.29) is 12.4 Å². The van der Waals surface area contributed by atoms with E-state index >= 15 is 0 Å². The Hall–Kier alpha value is -0.470. The number of ether oxygens (including phenoxy) is 1. The van der Waals surface area contributed by atoms with Gasteiger partial charge in [-0.15, -0.1) is 24.0 Å². The second kappa shape index (κ2) is 4.80. The van der Waals surface area contributed by atoms with E-state index in [2.05, 4.69) is 4.98 Å². The average molecular weight is 260 g/mol. The lowest BCUT2D eigenvalue weighted by Crippen LogP contribution is -2.13. The molecular weight excluding hydrogens is 245 g/mol. The highest BCUT2D eigenvalue weighted by Gasteiger charge is 2.46. The minimum absolute atomic E-state index is 0. The van der Waals surface area contributed by atoms with E-state index in [1.165, 1.54) is 19.3 Å². The summed E-state index contributed by atoms with van der Waals surface area (Å²) < 4.78 is 5.92. The molecule has 0 saturated heterocycles. The van der Waals surface area contributed by atoms with E-state index < -0.39 is 0 Å². The van der Waals surface area contributed by atoms with Gasteiger partial charge in [0.1, 0.15) is 5.75 Å². The zero-order valence-electron chi connectivity index (χ0n) is 8.93. The van der Waals surface area contributed by atoms with E-state index in [4.69, 9.17) is 16.3 Å². The minimum atomic E-state index is 0. The van der Waals surface area contributed by atoms with Gasteiger partial charge in [-0.2, -0.15) is 0 Å². The Bertz CT molecular complexity index is 362. The maximum Gasteiger partial charge on any atom is 0.123 e. The summed E-state index contributed by atoms with van der Waals surface area (Å²) in [5.74, 6) is 3.30. The van der Waals surface area contributed by atoms with Crippen LogP contribution in [0.5, 0.6) is 5.75 Å². The normalized spacial score (nSPS) is 30.4. The van der Waals surface area contributed by atoms with E-state index in [0.717, 1.165) is 23.3 Å². The van der Waals surface area contributed by atoms with Gasteiger partial charge in [0.05, 0.1) is 17.7 Å². The van der Waals surface area contributed by atoms with Gasteiger partial charge in [0.15, 0.2) is 0 Å². The molecule has 0 aliphatic heterocycles. The third kappa shape index (κ3) is 2.44. The second-order valence-corrected chi connectivity index (χ2v) is 4.85. The van der Waals surface area contributed by atoms with E-state index in [9.17, 15) is 0 Å². The Balaban J connectivity index is 0.000000963. The average Bonchev–Trinajstić information content (AvgIpc) is 2.87. The third-order valence-corrected chi connectivity index (χ3v) is 3.70. The maximum atomic E-state index is 5.92. The topological polar surface area (TPSA) is 22.1 Å². The highest BCUT2D eigenvalue weighted by atomic mass is 35.5. The van der Waals surface area contributed by atoms with Crippen LogP contribution in [-0.2, 0) is 5.88 Å². The lowest BCUT2D eigenvalue weighted by molar-refractivity contribution is 0.194. The van der Waals surface area contributed by atoms with Crippen LogP contribution in [0.15, 0.2) is 18.3 Å². The molecule has 88 valence electrons. The Labute approximate surface area is 107 Å². The van der Waals surface area contributed by atoms with Gasteiger partial charge in [0, 0.05) is 12.3 Å². The van der Waals surface area contributed by atoms with Gasteiger partial charge >= 0.3 is 0 Å². The first-order chi connectivity index (χ1) is 7.35. The van der Waals surface area contributed by atoms with Crippen molar-refractivity contribution in [3.8, 4) is 5.75 Å². The Kier molecular flexibility index (Phi) is 3.60. The van der Waals surface area contributed by atoms with Crippen molar-refractivity contribution in [2.45, 2.75) is 31.2 Å². The Morgan fingerprint density at radius 2 is 2.06 bits per heavy atom. The van der Waals surface area contributed by atoms with Crippen LogP contribution in [-0.4, -0.2) is 11.1 Å². The van der Waals surface area contributed by atoms with E-state index in [1.54, 1.807) is 6.20 Å². The molecule has 2 nitrogen and oxygen atoms in total. The Morgan fingerprint density at radius 1 is 1.31 bits per heavy atom. The molecule has 1 heterocycles. The molecule has 16 heavy (non-hydrogen) atoms. The van der Waals surface area contributed by atoms with Crippen LogP contribution in [0.3, 0.4) is 0 Å². The van der Waals surface area contributed by atoms with Crippen molar-refractivity contribution in [2.75, 3.05) is 0 Å². The van der Waals surface area contributed by atoms with Gasteiger partial charge in [-0.1, -0.05) is 0 Å². The van der Waals surface area contributed by atoms with Crippen LogP contribution in [0.25, 0.3) is 0 Å². The molecular formula is C12H15Cl2NO. The molecule has 2 saturated carbocycles. The maximum absolute atomic E-state index is 5.92. The smallest absolute Gasteiger partial charge is 0.123 e. The molecule has 0 amide bonds. The molecule has 2 aliphatic carbocycles. The first-order valence-corrected chi connectivity index (χ1v) is 6.06. The van der Waals surface area contributed by atoms with Gasteiger partial charge in [-0.25, -0.2) is 0 Å². The molecule has 4 heteroatoms. The number of rotatable bonds is 3. The van der Waals surface area contributed by atoms with Crippen molar-refractivity contribution >= 4 is 24.0 Å². The molecule has 0 aromatic carbocycles. The number of hydrogen-bond donors (Lipinski definition) is 0. The van der Waals surface area contributed by atoms with Gasteiger partial charge in [0.2, 0.25) is 0 Å². The molecule has 1 aromatic heterocycles. The predicted octanol–water partition coefficient (Wildman–Crippen LogP) is 3.42. The Morgan fingerprint density at radius 3 is 2.75 bits per heavy atom. The summed E-state index contributed by atoms with van der Waals surface area (Å²) in [5, 5.41) is 0. The van der Waals surface area contributed by atoms with Crippen molar-refractivity contribution in [3.05, 3.63) is 24.0 Å². The van der Waals surface area contributed by atoms with E-state index in [0.29, 0.717) is 12.0 Å². The van der Waals surface area contributed by atoms with E-state index in [1.807, 2.05) is 12.1 Å². The van der Waals surface area contributed by atoms with Gasteiger partial charge in [-0.05, 0) is 37.2 Å². The van der Waals surface area contributed by atoms with Crippen LogP contribution in [0.1, 0.15) is 25.0 Å². The lowest BCUT2D eigenvalue weighted by Gasteiger charge is -2.15. The first kappa shape index (κ1) is 12.0. The number of halogens is 2. The summed E-state index contributed by atoms with van der Waals surface area (Å²) in [6, 6.07) is 3.86. The third-order valence-electron chi connectivity index (χ3n) is 3.43. The molecule has 0 spiro atoms. The number of pyridine rings is 1. The highest BCUT2D eigenvalue weighted by molar-refractivity contribution is 6.16. The molecule has 0 radical (unpaired) electrons. The fourth-order valence-corrected chi connectivity index (χ4v) is 2.70. The van der Waals surface area contributed by atoms with Gasteiger partial charge in [-0.3, -0.25) is 4.98 Å². The van der Waals surface area contributed by atoms with Crippen LogP contribution < -0.4 is 4.74 Å². The zero-order valence-corrected chi connectivity index (χ0v) is 10.5. The fourth-order valence-electron chi connectivity index (χ4n) is 2.55. The van der Waals surface area contributed by atoms with Crippen molar-refractivity contribution in [1.29, 1.82) is 0 Å². The van der Waals surface area contributed by atoms with Crippen molar-refractivity contribution in [3.63, 3.8) is 0 Å². The predicted molar refractivity (Wildman–Crippen MR) is 66.3 cm³/mol. The number of nitrogens with zero attached hydrogens (tertiary/aromatic N) is 1. The lowest BCUT2D eigenvalue weighted by atomic mass is 10.2. The van der Waals surface area contributed by atoms with Crippen molar-refractivity contribution in [1.82, 2.24) is 4.98 Å². The SMILES string of the molecule is Cl.ClCc1cc(OC2C[C@@H]3C[C@@H]3C2)ccn1. The van der Waals surface area contributed by atoms with Crippen molar-refractivity contribution < 1.29 is 4.74 Å². The van der Waals surface area contributed by atoms with Gasteiger partial charge in [0.25, 0.3) is 0 Å². The highest BCUT2D eigenvalue weighted by Crippen LogP contribution is 2.52. The van der Waals surface area contributed by atoms with Crippen LogP contribution in [0, 0.1) is 11.8 Å². The fraction of sp³-hybridized carbons (Fsp3) is 0.583. The summed E-state index contributed by atoms with van der Waals surface area (Å²) in [4.78, 5) is 4.14. The largest absolute Gasteiger partial charge is 0.490 e. The minimum Gasteiger partial charge on any atom is -0.490 e. The molecule has 0 bridgehead atoms. The summed E-state index contributed by atoms with van der Waals surface area (Å²) in [7, 11) is 0. The molecule has 1 unspecified atom stereocenters. The number of fused-ring (bicyclic) bond motifs is 1. The number of hydrogen-bond acceptors (Lipinski definition) is 2. The zero-order chi connectivity index (χ0) is 10.3. The van der Waals surface area contributed by atoms with Crippen LogP contribution in [0.4, 0.5) is 0 Å². The van der Waals surface area contributed by atoms with Crippen LogP contribution >= 0.6 is 24.0 Å².